The zero-order valence-corrected chi connectivity index (χ0v) is 24.8. The average Bonchev–Trinajstić information content (AvgIpc) is 3.02. The van der Waals surface area contributed by atoms with Crippen LogP contribution in [-0.2, 0) is 28.7 Å². The second-order valence-electron chi connectivity index (χ2n) is 11.0. The van der Waals surface area contributed by atoms with Gasteiger partial charge in [-0.05, 0) is 73.9 Å². The summed E-state index contributed by atoms with van der Waals surface area (Å²) in [4.78, 5) is 43.7. The van der Waals surface area contributed by atoms with Gasteiger partial charge in [0.15, 0.2) is 5.16 Å². The lowest BCUT2D eigenvalue weighted by Crippen LogP contribution is -2.35. The molecule has 1 saturated carbocycles. The Morgan fingerprint density at radius 3 is 2.41 bits per heavy atom. The molecule has 3 aromatic carbocycles. The number of hydrogen-bond donors (Lipinski definition) is 2. The minimum Gasteiger partial charge on any atom is -0.356 e. The number of hydrogen-bond acceptors (Lipinski definition) is 5. The molecule has 4 aromatic rings. The van der Waals surface area contributed by atoms with Gasteiger partial charge in [-0.15, -0.1) is 0 Å². The number of para-hydroxylation sites is 1. The van der Waals surface area contributed by atoms with Crippen LogP contribution in [-0.4, -0.2) is 33.7 Å². The summed E-state index contributed by atoms with van der Waals surface area (Å²) < 4.78 is 40.8. The number of fused-ring (bicyclic) bond motifs is 1. The van der Waals surface area contributed by atoms with Crippen molar-refractivity contribution in [2.24, 2.45) is 11.8 Å². The standard InChI is InChI=1S/C33H33F3N4O3S/c34-33(35,36)25-9-6-10-26(19-25)38-29(41)21-44-32-39-28-12-5-4-11-27(28)31(43)40(32)20-23-13-15-24(16-14-23)30(42)37-18-17-22-7-2-1-3-8-22/h1-12,19,23-24H,13-18,20-21H2,(H,37,42)(H,38,41). The summed E-state index contributed by atoms with van der Waals surface area (Å²) in [5.41, 5.74) is 0.651. The summed E-state index contributed by atoms with van der Waals surface area (Å²) in [6.45, 7) is 0.986. The zero-order chi connectivity index (χ0) is 31.1. The van der Waals surface area contributed by atoms with E-state index in [0.29, 0.717) is 29.1 Å². The van der Waals surface area contributed by atoms with E-state index in [0.717, 1.165) is 56.0 Å². The number of carbonyl (C=O) groups excluding carboxylic acids is 2. The summed E-state index contributed by atoms with van der Waals surface area (Å²) in [7, 11) is 0. The average molecular weight is 623 g/mol. The number of thioether (sulfide) groups is 1. The van der Waals surface area contributed by atoms with Crippen LogP contribution in [0.4, 0.5) is 18.9 Å². The van der Waals surface area contributed by atoms with E-state index in [1.165, 1.54) is 17.7 Å². The van der Waals surface area contributed by atoms with Crippen molar-refractivity contribution in [1.82, 2.24) is 14.9 Å². The fraction of sp³-hybridized carbons (Fsp3) is 0.333. The molecule has 44 heavy (non-hydrogen) atoms. The number of halogens is 3. The first-order valence-electron chi connectivity index (χ1n) is 14.6. The molecule has 1 aliphatic carbocycles. The Kier molecular flexibility index (Phi) is 10.0. The van der Waals surface area contributed by atoms with Gasteiger partial charge in [0.2, 0.25) is 11.8 Å². The van der Waals surface area contributed by atoms with Crippen molar-refractivity contribution in [3.05, 3.63) is 100 Å². The maximum atomic E-state index is 13.5. The molecule has 0 saturated heterocycles. The van der Waals surface area contributed by atoms with E-state index in [1.54, 1.807) is 28.8 Å². The molecule has 0 bridgehead atoms. The van der Waals surface area contributed by atoms with Crippen LogP contribution in [0.25, 0.3) is 10.9 Å². The molecule has 0 spiro atoms. The minimum atomic E-state index is -4.52. The van der Waals surface area contributed by atoms with Gasteiger partial charge in [0.25, 0.3) is 5.56 Å². The Bertz CT molecular complexity index is 1670. The molecule has 1 heterocycles. The highest BCUT2D eigenvalue weighted by atomic mass is 32.2. The molecular formula is C33H33F3N4O3S. The molecule has 230 valence electrons. The molecule has 11 heteroatoms. The van der Waals surface area contributed by atoms with E-state index in [9.17, 15) is 27.6 Å². The lowest BCUT2D eigenvalue weighted by molar-refractivity contribution is -0.137. The molecule has 1 fully saturated rings. The summed E-state index contributed by atoms with van der Waals surface area (Å²) in [6.07, 6.45) is -0.755. The van der Waals surface area contributed by atoms with Crippen LogP contribution in [0, 0.1) is 11.8 Å². The molecule has 1 aliphatic rings. The molecular weight excluding hydrogens is 589 g/mol. The van der Waals surface area contributed by atoms with Crippen LogP contribution in [0.2, 0.25) is 0 Å². The maximum Gasteiger partial charge on any atom is 0.416 e. The fourth-order valence-electron chi connectivity index (χ4n) is 5.50. The van der Waals surface area contributed by atoms with Crippen LogP contribution in [0.5, 0.6) is 0 Å². The van der Waals surface area contributed by atoms with Crippen molar-refractivity contribution in [3.63, 3.8) is 0 Å². The maximum absolute atomic E-state index is 13.5. The van der Waals surface area contributed by atoms with Crippen LogP contribution < -0.4 is 16.2 Å². The Hall–Kier alpha value is -4.12. The Morgan fingerprint density at radius 2 is 1.66 bits per heavy atom. The van der Waals surface area contributed by atoms with Crippen molar-refractivity contribution >= 4 is 40.2 Å². The van der Waals surface area contributed by atoms with Gasteiger partial charge in [0.1, 0.15) is 0 Å². The molecule has 0 radical (unpaired) electrons. The third-order valence-corrected chi connectivity index (χ3v) is 8.82. The van der Waals surface area contributed by atoms with E-state index in [1.807, 2.05) is 30.3 Å². The van der Waals surface area contributed by atoms with Crippen LogP contribution in [0.15, 0.2) is 88.8 Å². The largest absolute Gasteiger partial charge is 0.416 e. The van der Waals surface area contributed by atoms with Crippen LogP contribution in [0.3, 0.4) is 0 Å². The normalized spacial score (nSPS) is 16.9. The molecule has 5 rings (SSSR count). The number of benzene rings is 3. The number of nitrogens with one attached hydrogen (secondary N) is 2. The Labute approximate surface area is 257 Å². The molecule has 0 unspecified atom stereocenters. The molecule has 2 amide bonds. The third kappa shape index (κ3) is 8.07. The van der Waals surface area contributed by atoms with Gasteiger partial charge in [0.05, 0.1) is 22.2 Å². The van der Waals surface area contributed by atoms with Crippen molar-refractivity contribution in [1.29, 1.82) is 0 Å². The number of anilines is 1. The van der Waals surface area contributed by atoms with Crippen molar-refractivity contribution in [2.45, 2.75) is 50.0 Å². The second-order valence-corrected chi connectivity index (χ2v) is 11.9. The SMILES string of the molecule is O=C(CSc1nc2ccccc2c(=O)n1CC1CCC(C(=O)NCCc2ccccc2)CC1)Nc1cccc(C(F)(F)F)c1. The quantitative estimate of drug-likeness (QED) is 0.160. The van der Waals surface area contributed by atoms with Gasteiger partial charge in [-0.25, -0.2) is 4.98 Å². The van der Waals surface area contributed by atoms with Gasteiger partial charge in [-0.1, -0.05) is 60.3 Å². The van der Waals surface area contributed by atoms with Crippen LogP contribution >= 0.6 is 11.8 Å². The zero-order valence-electron chi connectivity index (χ0n) is 24.0. The predicted molar refractivity (Wildman–Crippen MR) is 165 cm³/mol. The summed E-state index contributed by atoms with van der Waals surface area (Å²) in [5.74, 6) is -0.505. The lowest BCUT2D eigenvalue weighted by Gasteiger charge is -2.28. The molecule has 1 aromatic heterocycles. The number of carbonyl (C=O) groups is 2. The third-order valence-electron chi connectivity index (χ3n) is 7.85. The number of aromatic nitrogens is 2. The van der Waals surface area contributed by atoms with Gasteiger partial charge in [-0.3, -0.25) is 19.0 Å². The number of rotatable bonds is 10. The van der Waals surface area contributed by atoms with Crippen molar-refractivity contribution < 1.29 is 22.8 Å². The van der Waals surface area contributed by atoms with Gasteiger partial charge in [-0.2, -0.15) is 13.2 Å². The van der Waals surface area contributed by atoms with E-state index >= 15 is 0 Å². The Balaban J connectivity index is 1.21. The summed E-state index contributed by atoms with van der Waals surface area (Å²) >= 11 is 1.07. The highest BCUT2D eigenvalue weighted by Crippen LogP contribution is 2.32. The topological polar surface area (TPSA) is 93.1 Å². The first-order valence-corrected chi connectivity index (χ1v) is 15.6. The predicted octanol–water partition coefficient (Wildman–Crippen LogP) is 6.31. The smallest absolute Gasteiger partial charge is 0.356 e. The fourth-order valence-corrected chi connectivity index (χ4v) is 6.31. The monoisotopic (exact) mass is 622 g/mol. The van der Waals surface area contributed by atoms with Gasteiger partial charge >= 0.3 is 6.18 Å². The van der Waals surface area contributed by atoms with E-state index in [-0.39, 0.29) is 34.7 Å². The van der Waals surface area contributed by atoms with E-state index in [4.69, 9.17) is 0 Å². The van der Waals surface area contributed by atoms with Crippen LogP contribution in [0.1, 0.15) is 36.8 Å². The number of alkyl halides is 3. The molecule has 2 N–H and O–H groups in total. The minimum absolute atomic E-state index is 0.0372. The lowest BCUT2D eigenvalue weighted by atomic mass is 9.81. The van der Waals surface area contributed by atoms with Crippen molar-refractivity contribution in [2.75, 3.05) is 17.6 Å². The highest BCUT2D eigenvalue weighted by molar-refractivity contribution is 7.99. The molecule has 0 aliphatic heterocycles. The summed E-state index contributed by atoms with van der Waals surface area (Å²) in [5, 5.41) is 6.40. The van der Waals surface area contributed by atoms with Gasteiger partial charge in [0, 0.05) is 24.7 Å². The molecule has 7 nitrogen and oxygen atoms in total. The second kappa shape index (κ2) is 14.1. The van der Waals surface area contributed by atoms with Crippen molar-refractivity contribution in [3.8, 4) is 0 Å². The summed E-state index contributed by atoms with van der Waals surface area (Å²) in [6, 6.07) is 21.4. The Morgan fingerprint density at radius 1 is 0.932 bits per heavy atom. The highest BCUT2D eigenvalue weighted by Gasteiger charge is 2.31. The van der Waals surface area contributed by atoms with E-state index in [2.05, 4.69) is 15.6 Å². The first-order chi connectivity index (χ1) is 21.2. The van der Waals surface area contributed by atoms with E-state index < -0.39 is 17.6 Å². The number of nitrogens with zero attached hydrogens (tertiary/aromatic N) is 2. The van der Waals surface area contributed by atoms with Gasteiger partial charge < -0.3 is 10.6 Å². The first kappa shape index (κ1) is 31.3. The molecule has 0 atom stereocenters. The number of amides is 2.